The van der Waals surface area contributed by atoms with Crippen LogP contribution in [0.4, 0.5) is 0 Å². The van der Waals surface area contributed by atoms with Gasteiger partial charge in [-0.1, -0.05) is 13.8 Å². The lowest BCUT2D eigenvalue weighted by Crippen LogP contribution is -2.52. The third kappa shape index (κ3) is 0.936. The summed E-state index contributed by atoms with van der Waals surface area (Å²) in [6.45, 7) is 7.39. The second-order valence-electron chi connectivity index (χ2n) is 4.52. The minimum Gasteiger partial charge on any atom is -0.317 e. The minimum absolute atomic E-state index is 0.755. The van der Waals surface area contributed by atoms with Crippen molar-refractivity contribution in [1.29, 1.82) is 0 Å². The summed E-state index contributed by atoms with van der Waals surface area (Å²) >= 11 is 0. The van der Waals surface area contributed by atoms with Crippen molar-refractivity contribution in [1.82, 2.24) is 5.32 Å². The molecule has 1 heteroatoms. The summed E-state index contributed by atoms with van der Waals surface area (Å²) in [5.74, 6) is 2.00. The lowest BCUT2D eigenvalue weighted by molar-refractivity contribution is -0.0582. The lowest BCUT2D eigenvalue weighted by atomic mass is 9.50. The van der Waals surface area contributed by atoms with Crippen molar-refractivity contribution < 1.29 is 0 Å². The van der Waals surface area contributed by atoms with Gasteiger partial charge in [0.2, 0.25) is 0 Å². The van der Waals surface area contributed by atoms with Gasteiger partial charge in [-0.2, -0.15) is 0 Å². The summed E-state index contributed by atoms with van der Waals surface area (Å²) in [7, 11) is 0. The highest BCUT2D eigenvalue weighted by molar-refractivity contribution is 5.00. The first-order valence-corrected chi connectivity index (χ1v) is 4.96. The molecule has 1 heterocycles. The van der Waals surface area contributed by atoms with Crippen LogP contribution in [0.2, 0.25) is 0 Å². The molecule has 1 aliphatic carbocycles. The van der Waals surface area contributed by atoms with E-state index in [0.717, 1.165) is 17.3 Å². The lowest BCUT2D eigenvalue weighted by Gasteiger charge is -2.56. The van der Waals surface area contributed by atoms with Crippen molar-refractivity contribution in [3.8, 4) is 0 Å². The Labute approximate surface area is 69.6 Å². The number of hydrogen-bond acceptors (Lipinski definition) is 1. The molecule has 2 aliphatic rings. The zero-order valence-electron chi connectivity index (χ0n) is 7.69. The molecule has 0 bridgehead atoms. The van der Waals surface area contributed by atoms with Crippen LogP contribution in [0.15, 0.2) is 0 Å². The first-order valence-electron chi connectivity index (χ1n) is 4.96. The van der Waals surface area contributed by atoms with Gasteiger partial charge in [-0.15, -0.1) is 0 Å². The van der Waals surface area contributed by atoms with Gasteiger partial charge in [-0.3, -0.25) is 0 Å². The van der Waals surface area contributed by atoms with E-state index < -0.39 is 0 Å². The molecule has 0 aromatic heterocycles. The Morgan fingerprint density at radius 1 is 1.09 bits per heavy atom. The van der Waals surface area contributed by atoms with E-state index in [1.165, 1.54) is 32.4 Å². The molecule has 11 heavy (non-hydrogen) atoms. The second kappa shape index (κ2) is 2.48. The summed E-state index contributed by atoms with van der Waals surface area (Å²) in [5.41, 5.74) is 0.755. The van der Waals surface area contributed by atoms with Gasteiger partial charge in [-0.05, 0) is 49.6 Å². The van der Waals surface area contributed by atoms with Gasteiger partial charge in [0.15, 0.2) is 0 Å². The summed E-state index contributed by atoms with van der Waals surface area (Å²) < 4.78 is 0. The monoisotopic (exact) mass is 153 g/mol. The summed E-state index contributed by atoms with van der Waals surface area (Å²) in [4.78, 5) is 0. The number of rotatable bonds is 0. The largest absolute Gasteiger partial charge is 0.317 e. The predicted molar refractivity (Wildman–Crippen MR) is 47.5 cm³/mol. The standard InChI is InChI=1S/C10H19N/c1-8-7-9(2)10(8)3-5-11-6-4-10/h8-9,11H,3-7H2,1-2H3/t8-,9+. The van der Waals surface area contributed by atoms with Crippen LogP contribution in [-0.4, -0.2) is 13.1 Å². The van der Waals surface area contributed by atoms with Crippen LogP contribution >= 0.6 is 0 Å². The highest BCUT2D eigenvalue weighted by Gasteiger charge is 2.49. The van der Waals surface area contributed by atoms with E-state index in [4.69, 9.17) is 0 Å². The van der Waals surface area contributed by atoms with Crippen LogP contribution in [-0.2, 0) is 0 Å². The van der Waals surface area contributed by atoms with Crippen LogP contribution in [0, 0.1) is 17.3 Å². The molecule has 64 valence electrons. The van der Waals surface area contributed by atoms with Crippen LogP contribution in [0.5, 0.6) is 0 Å². The fourth-order valence-electron chi connectivity index (χ4n) is 3.20. The van der Waals surface area contributed by atoms with E-state index in [1.54, 1.807) is 0 Å². The first kappa shape index (κ1) is 7.60. The van der Waals surface area contributed by atoms with Crippen molar-refractivity contribution in [3.63, 3.8) is 0 Å². The van der Waals surface area contributed by atoms with Crippen molar-refractivity contribution in [3.05, 3.63) is 0 Å². The summed E-state index contributed by atoms with van der Waals surface area (Å²) in [6, 6.07) is 0. The number of piperidine rings is 1. The van der Waals surface area contributed by atoms with E-state index in [1.807, 2.05) is 0 Å². The fourth-order valence-corrected chi connectivity index (χ4v) is 3.20. The average Bonchev–Trinajstić information content (AvgIpc) is 2.07. The first-order chi connectivity index (χ1) is 5.26. The van der Waals surface area contributed by atoms with Gasteiger partial charge in [0.25, 0.3) is 0 Å². The van der Waals surface area contributed by atoms with Crippen molar-refractivity contribution >= 4 is 0 Å². The van der Waals surface area contributed by atoms with Gasteiger partial charge >= 0.3 is 0 Å². The Kier molecular flexibility index (Phi) is 1.71. The highest BCUT2D eigenvalue weighted by Crippen LogP contribution is 2.56. The molecule has 2 rings (SSSR count). The molecular formula is C10H19N. The van der Waals surface area contributed by atoms with E-state index in [9.17, 15) is 0 Å². The third-order valence-corrected chi connectivity index (χ3v) is 4.20. The zero-order chi connectivity index (χ0) is 7.90. The molecule has 1 aliphatic heterocycles. The van der Waals surface area contributed by atoms with Gasteiger partial charge in [0.05, 0.1) is 0 Å². The maximum absolute atomic E-state index is 3.45. The smallest absolute Gasteiger partial charge is 0.00434 e. The summed E-state index contributed by atoms with van der Waals surface area (Å²) in [5, 5.41) is 3.45. The topological polar surface area (TPSA) is 12.0 Å². The van der Waals surface area contributed by atoms with E-state index in [2.05, 4.69) is 19.2 Å². The highest BCUT2D eigenvalue weighted by atomic mass is 14.9. The third-order valence-electron chi connectivity index (χ3n) is 4.20. The fraction of sp³-hybridized carbons (Fsp3) is 1.00. The van der Waals surface area contributed by atoms with Crippen LogP contribution in [0.3, 0.4) is 0 Å². The number of hydrogen-bond donors (Lipinski definition) is 1. The Morgan fingerprint density at radius 3 is 2.00 bits per heavy atom. The average molecular weight is 153 g/mol. The molecule has 1 saturated heterocycles. The molecule has 0 aromatic carbocycles. The molecule has 0 radical (unpaired) electrons. The van der Waals surface area contributed by atoms with Crippen molar-refractivity contribution in [2.24, 2.45) is 17.3 Å². The molecule has 2 fully saturated rings. The molecule has 1 saturated carbocycles. The zero-order valence-corrected chi connectivity index (χ0v) is 7.69. The van der Waals surface area contributed by atoms with Crippen LogP contribution < -0.4 is 5.32 Å². The van der Waals surface area contributed by atoms with Gasteiger partial charge in [0, 0.05) is 0 Å². The van der Waals surface area contributed by atoms with Crippen LogP contribution in [0.25, 0.3) is 0 Å². The van der Waals surface area contributed by atoms with E-state index in [0.29, 0.717) is 0 Å². The molecule has 1 N–H and O–H groups in total. The van der Waals surface area contributed by atoms with E-state index >= 15 is 0 Å². The minimum atomic E-state index is 0.755. The van der Waals surface area contributed by atoms with Crippen LogP contribution in [0.1, 0.15) is 33.1 Å². The molecule has 1 spiro atoms. The molecule has 0 amide bonds. The number of nitrogens with one attached hydrogen (secondary N) is 1. The van der Waals surface area contributed by atoms with Crippen molar-refractivity contribution in [2.45, 2.75) is 33.1 Å². The Balaban J connectivity index is 2.06. The van der Waals surface area contributed by atoms with Gasteiger partial charge in [0.1, 0.15) is 0 Å². The molecule has 0 aromatic rings. The Bertz CT molecular complexity index is 137. The van der Waals surface area contributed by atoms with Gasteiger partial charge in [-0.25, -0.2) is 0 Å². The normalized spacial score (nSPS) is 42.0. The maximum Gasteiger partial charge on any atom is -0.00434 e. The van der Waals surface area contributed by atoms with Gasteiger partial charge < -0.3 is 5.32 Å². The summed E-state index contributed by atoms with van der Waals surface area (Å²) in [6.07, 6.45) is 4.32. The molecule has 1 nitrogen and oxygen atoms in total. The second-order valence-corrected chi connectivity index (χ2v) is 4.52. The maximum atomic E-state index is 3.45. The molecular weight excluding hydrogens is 134 g/mol. The van der Waals surface area contributed by atoms with E-state index in [-0.39, 0.29) is 0 Å². The quantitative estimate of drug-likeness (QED) is 0.561. The SMILES string of the molecule is C[C@@H]1C[C@H](C)C12CCNCC2. The molecule has 0 unspecified atom stereocenters. The Morgan fingerprint density at radius 2 is 1.64 bits per heavy atom. The molecule has 2 atom stereocenters. The predicted octanol–water partition coefficient (Wildman–Crippen LogP) is 2.03. The Hall–Kier alpha value is -0.0400. The van der Waals surface area contributed by atoms with Crippen molar-refractivity contribution in [2.75, 3.05) is 13.1 Å².